The lowest BCUT2D eigenvalue weighted by atomic mass is 9.99. The molecule has 0 aliphatic rings. The molecule has 0 N–H and O–H groups in total. The monoisotopic (exact) mass is 664 g/mol. The summed E-state index contributed by atoms with van der Waals surface area (Å²) in [6.07, 6.45) is 0. The van der Waals surface area contributed by atoms with Crippen molar-refractivity contribution in [3.05, 3.63) is 157 Å². The summed E-state index contributed by atoms with van der Waals surface area (Å²) in [4.78, 5) is 14.8. The summed E-state index contributed by atoms with van der Waals surface area (Å²) >= 11 is 0. The standard InChI is InChI=1S/C45H26N4O2/c1-3-12-27(13-4-1)30-18-11-21-37-40(30)34-23-22-29(26-39(34)51-37)44-46-43(28-14-5-2-6-15-28)47-45(48-44)49-35-19-9-7-16-31(35)32-24-25-38-41(42(32)49)33-17-8-10-20-36(33)50-38/h1-26H/i7D,8D,9D,10D,16D,17D,19D,20D,24D,25D. The molecule has 0 radical (unpaired) electrons. The van der Waals surface area contributed by atoms with Gasteiger partial charge in [-0.15, -0.1) is 0 Å². The van der Waals surface area contributed by atoms with Crippen molar-refractivity contribution in [2.45, 2.75) is 0 Å². The van der Waals surface area contributed by atoms with Gasteiger partial charge in [-0.3, -0.25) is 4.57 Å². The lowest BCUT2D eigenvalue weighted by Crippen LogP contribution is -2.06. The molecule has 4 aromatic heterocycles. The molecule has 0 saturated carbocycles. The zero-order valence-corrected chi connectivity index (χ0v) is 26.3. The molecule has 7 aromatic carbocycles. The van der Waals surface area contributed by atoms with Crippen LogP contribution in [0.3, 0.4) is 0 Å². The van der Waals surface area contributed by atoms with E-state index in [1.807, 2.05) is 84.9 Å². The maximum atomic E-state index is 9.29. The van der Waals surface area contributed by atoms with Gasteiger partial charge in [-0.25, -0.2) is 4.98 Å². The molecule has 0 aliphatic heterocycles. The minimum atomic E-state index is -0.572. The Morgan fingerprint density at radius 1 is 0.471 bits per heavy atom. The average Bonchev–Trinajstić information content (AvgIpc) is 3.99. The number of rotatable bonds is 4. The number of para-hydroxylation sites is 2. The van der Waals surface area contributed by atoms with Crippen LogP contribution in [0.4, 0.5) is 0 Å². The maximum absolute atomic E-state index is 9.29. The molecule has 51 heavy (non-hydrogen) atoms. The lowest BCUT2D eigenvalue weighted by molar-refractivity contribution is 0.668. The first-order valence-electron chi connectivity index (χ1n) is 21.1. The van der Waals surface area contributed by atoms with Crippen molar-refractivity contribution in [2.24, 2.45) is 0 Å². The van der Waals surface area contributed by atoms with Crippen molar-refractivity contribution in [1.82, 2.24) is 19.5 Å². The fourth-order valence-electron chi connectivity index (χ4n) is 6.94. The van der Waals surface area contributed by atoms with Crippen LogP contribution in [0.25, 0.3) is 106 Å². The number of hydrogen-bond donors (Lipinski definition) is 0. The van der Waals surface area contributed by atoms with Crippen molar-refractivity contribution >= 4 is 65.7 Å². The van der Waals surface area contributed by atoms with E-state index in [2.05, 4.69) is 0 Å². The first-order valence-corrected chi connectivity index (χ1v) is 16.1. The van der Waals surface area contributed by atoms with Gasteiger partial charge in [0.05, 0.1) is 30.1 Å². The van der Waals surface area contributed by atoms with Gasteiger partial charge in [0, 0.05) is 38.1 Å². The molecule has 0 saturated heterocycles. The molecular formula is C45H26N4O2. The summed E-state index contributed by atoms with van der Waals surface area (Å²) in [5, 5.41) is 1.52. The Bertz CT molecular complexity index is 3720. The summed E-state index contributed by atoms with van der Waals surface area (Å²) in [7, 11) is 0. The Morgan fingerprint density at radius 3 is 2.04 bits per heavy atom. The van der Waals surface area contributed by atoms with E-state index in [1.165, 1.54) is 4.57 Å². The van der Waals surface area contributed by atoms with E-state index >= 15 is 0 Å². The number of furan rings is 2. The third-order valence-electron chi connectivity index (χ3n) is 9.17. The minimum Gasteiger partial charge on any atom is -0.456 e. The lowest BCUT2D eigenvalue weighted by Gasteiger charge is -2.11. The third kappa shape index (κ3) is 4.20. The van der Waals surface area contributed by atoms with Crippen molar-refractivity contribution in [3.63, 3.8) is 0 Å². The van der Waals surface area contributed by atoms with Gasteiger partial charge in [-0.1, -0.05) is 115 Å². The molecule has 0 fully saturated rings. The highest BCUT2D eigenvalue weighted by molar-refractivity contribution is 6.24. The molecule has 238 valence electrons. The van der Waals surface area contributed by atoms with Crippen LogP contribution in [-0.2, 0) is 0 Å². The van der Waals surface area contributed by atoms with Crippen molar-refractivity contribution < 1.29 is 22.5 Å². The van der Waals surface area contributed by atoms with Crippen LogP contribution < -0.4 is 0 Å². The molecule has 0 aliphatic carbocycles. The Kier molecular flexibility index (Phi) is 4.17. The quantitative estimate of drug-likeness (QED) is 0.187. The van der Waals surface area contributed by atoms with Gasteiger partial charge in [0.15, 0.2) is 11.6 Å². The zero-order chi connectivity index (χ0) is 42.2. The number of aromatic nitrogens is 4. The van der Waals surface area contributed by atoms with Gasteiger partial charge >= 0.3 is 0 Å². The van der Waals surface area contributed by atoms with E-state index in [0.29, 0.717) is 22.3 Å². The number of benzene rings is 7. The Morgan fingerprint density at radius 2 is 1.20 bits per heavy atom. The van der Waals surface area contributed by atoms with Gasteiger partial charge in [0.25, 0.3) is 0 Å². The number of nitrogens with zero attached hydrogens (tertiary/aromatic N) is 4. The summed E-state index contributed by atoms with van der Waals surface area (Å²) < 4.78 is 103. The van der Waals surface area contributed by atoms with Gasteiger partial charge in [-0.05, 0) is 53.5 Å². The SMILES string of the molecule is [2H]c1c([2H])c([2H])c2c(oc3c([2H])c([2H])c4c5c([2H])c([2H])c([2H])c([2H])c5n(-c5nc(-c6ccccc6)nc(-c6ccc7c(c6)oc6cccc(-c8ccccc8)c67)n5)c4c32)c1[2H]. The molecule has 4 heterocycles. The highest BCUT2D eigenvalue weighted by Gasteiger charge is 2.22. The second-order valence-corrected chi connectivity index (χ2v) is 12.0. The molecule has 6 nitrogen and oxygen atoms in total. The second kappa shape index (κ2) is 10.7. The van der Waals surface area contributed by atoms with Gasteiger partial charge in [-0.2, -0.15) is 9.97 Å². The van der Waals surface area contributed by atoms with Crippen LogP contribution in [0.15, 0.2) is 166 Å². The van der Waals surface area contributed by atoms with Gasteiger partial charge in [0.1, 0.15) is 22.3 Å². The van der Waals surface area contributed by atoms with E-state index in [0.717, 1.165) is 21.9 Å². The van der Waals surface area contributed by atoms with Crippen LogP contribution in [-0.4, -0.2) is 19.5 Å². The van der Waals surface area contributed by atoms with E-state index < -0.39 is 60.4 Å². The molecule has 6 heteroatoms. The van der Waals surface area contributed by atoms with Crippen molar-refractivity contribution in [1.29, 1.82) is 0 Å². The molecule has 11 aromatic rings. The Labute approximate surface area is 304 Å². The highest BCUT2D eigenvalue weighted by atomic mass is 16.3. The van der Waals surface area contributed by atoms with Gasteiger partial charge in [0.2, 0.25) is 5.95 Å². The van der Waals surface area contributed by atoms with E-state index in [4.69, 9.17) is 34.8 Å². The fraction of sp³-hybridized carbons (Fsp3) is 0. The molecule has 0 spiro atoms. The summed E-state index contributed by atoms with van der Waals surface area (Å²) in [5.74, 6) is 0.244. The summed E-state index contributed by atoms with van der Waals surface area (Å²) in [6.45, 7) is 0. The second-order valence-electron chi connectivity index (χ2n) is 12.0. The highest BCUT2D eigenvalue weighted by Crippen LogP contribution is 2.41. The van der Waals surface area contributed by atoms with Crippen LogP contribution >= 0.6 is 0 Å². The molecule has 0 atom stereocenters. The fourth-order valence-corrected chi connectivity index (χ4v) is 6.94. The zero-order valence-electron chi connectivity index (χ0n) is 36.3. The smallest absolute Gasteiger partial charge is 0.238 e. The van der Waals surface area contributed by atoms with Crippen molar-refractivity contribution in [3.8, 4) is 39.9 Å². The van der Waals surface area contributed by atoms with Crippen LogP contribution in [0.1, 0.15) is 13.7 Å². The largest absolute Gasteiger partial charge is 0.456 e. The summed E-state index contributed by atoms with van der Waals surface area (Å²) in [5.41, 5.74) is 3.79. The Hall–Kier alpha value is -7.05. The Balaban J connectivity index is 1.28. The predicted octanol–water partition coefficient (Wildman–Crippen LogP) is 11.8. The van der Waals surface area contributed by atoms with Gasteiger partial charge < -0.3 is 8.83 Å². The van der Waals surface area contributed by atoms with Crippen LogP contribution in [0.2, 0.25) is 0 Å². The van der Waals surface area contributed by atoms with E-state index in [-0.39, 0.29) is 61.3 Å². The predicted molar refractivity (Wildman–Crippen MR) is 205 cm³/mol. The first kappa shape index (κ1) is 19.8. The number of hydrogen-bond acceptors (Lipinski definition) is 5. The normalized spacial score (nSPS) is 14.7. The number of fused-ring (bicyclic) bond motifs is 10. The van der Waals surface area contributed by atoms with Crippen LogP contribution in [0.5, 0.6) is 0 Å². The molecular weight excluding hydrogens is 629 g/mol. The average molecular weight is 665 g/mol. The summed E-state index contributed by atoms with van der Waals surface area (Å²) in [6, 6.07) is 25.5. The molecule has 0 bridgehead atoms. The van der Waals surface area contributed by atoms with E-state index in [1.54, 1.807) is 12.1 Å². The maximum Gasteiger partial charge on any atom is 0.238 e. The minimum absolute atomic E-state index is 0.000815. The third-order valence-corrected chi connectivity index (χ3v) is 9.17. The topological polar surface area (TPSA) is 69.9 Å². The van der Waals surface area contributed by atoms with Crippen LogP contribution in [0, 0.1) is 0 Å². The van der Waals surface area contributed by atoms with Crippen molar-refractivity contribution in [2.75, 3.05) is 0 Å². The molecule has 11 rings (SSSR count). The van der Waals surface area contributed by atoms with E-state index in [9.17, 15) is 2.74 Å². The molecule has 0 unspecified atom stereocenters. The molecule has 0 amide bonds. The first-order chi connectivity index (χ1) is 29.4.